The maximum absolute atomic E-state index is 12.6. The third-order valence-electron chi connectivity index (χ3n) is 8.38. The molecule has 0 radical (unpaired) electrons. The highest BCUT2D eigenvalue weighted by Gasteiger charge is 2.48. The van der Waals surface area contributed by atoms with Crippen molar-refractivity contribution in [3.8, 4) is 0 Å². The summed E-state index contributed by atoms with van der Waals surface area (Å²) in [6.45, 7) is 3.89. The van der Waals surface area contributed by atoms with Crippen LogP contribution < -0.4 is 10.4 Å². The Kier molecular flexibility index (Phi) is 7.78. The van der Waals surface area contributed by atoms with E-state index in [1.807, 2.05) is 0 Å². The zero-order valence-corrected chi connectivity index (χ0v) is 19.5. The fraction of sp³-hybridized carbons (Fsp3) is 0.913. The number of halogens is 1. The summed E-state index contributed by atoms with van der Waals surface area (Å²) < 4.78 is 5.16. The quantitative estimate of drug-likeness (QED) is 0.453. The molecule has 4 rings (SSSR count). The lowest BCUT2D eigenvalue weighted by Crippen LogP contribution is -2.89. The topological polar surface area (TPSA) is 89.5 Å². The molecule has 176 valence electrons. The van der Waals surface area contributed by atoms with Crippen molar-refractivity contribution in [1.29, 1.82) is 0 Å². The molecule has 2 aliphatic carbocycles. The number of quaternary nitrogens is 1. The molecule has 4 fully saturated rings. The van der Waals surface area contributed by atoms with Crippen molar-refractivity contribution in [2.24, 2.45) is 17.8 Å². The number of alkyl halides is 1. The molecule has 0 aromatic heterocycles. The van der Waals surface area contributed by atoms with Gasteiger partial charge in [-0.1, -0.05) is 0 Å². The molecule has 2 saturated carbocycles. The van der Waals surface area contributed by atoms with Crippen LogP contribution in [-0.4, -0.2) is 78.7 Å². The fourth-order valence-electron chi connectivity index (χ4n) is 6.45. The summed E-state index contributed by atoms with van der Waals surface area (Å²) in [5.74, 6) is -0.173. The first-order chi connectivity index (χ1) is 14.9. The van der Waals surface area contributed by atoms with Crippen LogP contribution in [-0.2, 0) is 14.3 Å². The molecule has 31 heavy (non-hydrogen) atoms. The Labute approximate surface area is 190 Å². The molecule has 3 atom stereocenters. The van der Waals surface area contributed by atoms with Gasteiger partial charge in [0.05, 0.1) is 13.2 Å². The summed E-state index contributed by atoms with van der Waals surface area (Å²) >= 11 is 6.30. The molecule has 2 aliphatic heterocycles. The van der Waals surface area contributed by atoms with Crippen molar-refractivity contribution in [2.75, 3.05) is 33.4 Å². The number of carbonyl (C=O) groups is 2. The molecular weight excluding hydrogens is 418 g/mol. The minimum atomic E-state index is -0.910. The molecule has 0 bridgehead atoms. The van der Waals surface area contributed by atoms with Crippen LogP contribution >= 0.6 is 11.6 Å². The number of nitrogens with zero attached hydrogens (tertiary/aromatic N) is 2. The predicted octanol–water partition coefficient (Wildman–Crippen LogP) is 0.161. The Balaban J connectivity index is 1.37. The van der Waals surface area contributed by atoms with E-state index in [1.165, 1.54) is 20.0 Å². The predicted molar refractivity (Wildman–Crippen MR) is 115 cm³/mol. The largest absolute Gasteiger partial charge is 0.550 e. The number of carboxylic acid groups (broad SMARTS) is 1. The first-order valence-electron chi connectivity index (χ1n) is 12.2. The lowest BCUT2D eigenvalue weighted by atomic mass is 9.81. The zero-order valence-electron chi connectivity index (χ0n) is 18.7. The normalized spacial score (nSPS) is 39.7. The van der Waals surface area contributed by atoms with Gasteiger partial charge in [0.25, 0.3) is 0 Å². The number of aliphatic carboxylic acids is 1. The van der Waals surface area contributed by atoms with Gasteiger partial charge in [0, 0.05) is 37.4 Å². The summed E-state index contributed by atoms with van der Waals surface area (Å²) in [5, 5.41) is 13.9. The Bertz CT molecular complexity index is 634. The van der Waals surface area contributed by atoms with Crippen LogP contribution in [0.2, 0.25) is 0 Å². The number of piperidine rings is 1. The monoisotopic (exact) mass is 455 g/mol. The van der Waals surface area contributed by atoms with E-state index in [0.29, 0.717) is 36.2 Å². The van der Waals surface area contributed by atoms with Gasteiger partial charge in [-0.3, -0.25) is 9.69 Å². The summed E-state index contributed by atoms with van der Waals surface area (Å²) in [5.41, 5.74) is 0. The number of ether oxygens (including phenoxy) is 1. The first-order valence-corrected chi connectivity index (χ1v) is 12.6. The smallest absolute Gasteiger partial charge is 0.323 e. The van der Waals surface area contributed by atoms with Crippen molar-refractivity contribution in [3.05, 3.63) is 0 Å². The molecule has 0 spiro atoms. The molecule has 7 nitrogen and oxygen atoms in total. The SMILES string of the molecule is COC(=O)C1CC2[NH2+]CN(CC3CCC(Cl)CC3)C2CN1CC1CCC(C(=O)[O-])CC1. The van der Waals surface area contributed by atoms with E-state index in [9.17, 15) is 14.7 Å². The Morgan fingerprint density at radius 3 is 2.23 bits per heavy atom. The van der Waals surface area contributed by atoms with Crippen LogP contribution in [0, 0.1) is 17.8 Å². The first kappa shape index (κ1) is 23.3. The van der Waals surface area contributed by atoms with E-state index in [2.05, 4.69) is 15.1 Å². The summed E-state index contributed by atoms with van der Waals surface area (Å²) in [4.78, 5) is 28.7. The van der Waals surface area contributed by atoms with Crippen molar-refractivity contribution in [2.45, 2.75) is 81.3 Å². The molecule has 2 N–H and O–H groups in total. The van der Waals surface area contributed by atoms with Crippen LogP contribution in [0.4, 0.5) is 0 Å². The number of esters is 1. The van der Waals surface area contributed by atoms with E-state index < -0.39 is 5.97 Å². The van der Waals surface area contributed by atoms with E-state index >= 15 is 0 Å². The standard InChI is InChI=1S/C23H38ClN3O4/c1-31-23(30)20-10-19-21(27(14-25-19)12-16-4-8-18(24)9-5-16)13-26(20)11-15-2-6-17(7-3-15)22(28)29/h15-21,25H,2-14H2,1H3,(H,28,29). The summed E-state index contributed by atoms with van der Waals surface area (Å²) in [7, 11) is 1.48. The number of carboxylic acids is 1. The van der Waals surface area contributed by atoms with Crippen molar-refractivity contribution >= 4 is 23.5 Å². The summed E-state index contributed by atoms with van der Waals surface area (Å²) in [6, 6.07) is 0.723. The molecule has 0 aromatic carbocycles. The van der Waals surface area contributed by atoms with Gasteiger partial charge in [0.15, 0.2) is 0 Å². The average Bonchev–Trinajstić information content (AvgIpc) is 3.16. The van der Waals surface area contributed by atoms with Gasteiger partial charge < -0.3 is 20.0 Å². The molecule has 0 amide bonds. The van der Waals surface area contributed by atoms with Gasteiger partial charge >= 0.3 is 5.97 Å². The van der Waals surface area contributed by atoms with Crippen LogP contribution in [0.5, 0.6) is 0 Å². The highest BCUT2D eigenvalue weighted by Crippen LogP contribution is 2.33. The number of carbonyl (C=O) groups excluding carboxylic acids is 2. The van der Waals surface area contributed by atoms with Crippen molar-refractivity contribution in [1.82, 2.24) is 9.80 Å². The van der Waals surface area contributed by atoms with Gasteiger partial charge in [-0.05, 0) is 69.1 Å². The van der Waals surface area contributed by atoms with E-state index in [-0.39, 0.29) is 17.9 Å². The molecular formula is C23H38ClN3O4. The van der Waals surface area contributed by atoms with Gasteiger partial charge in [-0.25, -0.2) is 4.90 Å². The van der Waals surface area contributed by atoms with Crippen LogP contribution in [0.15, 0.2) is 0 Å². The van der Waals surface area contributed by atoms with E-state index in [1.54, 1.807) is 0 Å². The lowest BCUT2D eigenvalue weighted by molar-refractivity contribution is -0.678. The van der Waals surface area contributed by atoms with E-state index in [0.717, 1.165) is 64.3 Å². The van der Waals surface area contributed by atoms with Crippen molar-refractivity contribution < 1.29 is 24.7 Å². The number of hydrogen-bond donors (Lipinski definition) is 1. The van der Waals surface area contributed by atoms with Gasteiger partial charge in [-0.15, -0.1) is 11.6 Å². The van der Waals surface area contributed by atoms with Crippen LogP contribution in [0.1, 0.15) is 57.8 Å². The van der Waals surface area contributed by atoms with Crippen molar-refractivity contribution in [3.63, 3.8) is 0 Å². The molecule has 8 heteroatoms. The molecule has 2 heterocycles. The van der Waals surface area contributed by atoms with Gasteiger partial charge in [-0.2, -0.15) is 0 Å². The van der Waals surface area contributed by atoms with Gasteiger partial charge in [0.2, 0.25) is 0 Å². The Morgan fingerprint density at radius 1 is 1.00 bits per heavy atom. The second-order valence-corrected chi connectivity index (χ2v) is 10.9. The average molecular weight is 456 g/mol. The lowest BCUT2D eigenvalue weighted by Gasteiger charge is -2.43. The third-order valence-corrected chi connectivity index (χ3v) is 8.82. The Morgan fingerprint density at radius 2 is 1.61 bits per heavy atom. The minimum absolute atomic E-state index is 0.130. The molecule has 0 aromatic rings. The van der Waals surface area contributed by atoms with Crippen LogP contribution in [0.3, 0.4) is 0 Å². The van der Waals surface area contributed by atoms with Crippen LogP contribution in [0.25, 0.3) is 0 Å². The number of likely N-dealkylation sites (tertiary alicyclic amines) is 1. The number of rotatable bonds is 6. The maximum atomic E-state index is 12.6. The highest BCUT2D eigenvalue weighted by molar-refractivity contribution is 6.20. The molecule has 2 saturated heterocycles. The summed E-state index contributed by atoms with van der Waals surface area (Å²) in [6.07, 6.45) is 8.71. The number of hydrogen-bond acceptors (Lipinski definition) is 6. The zero-order chi connectivity index (χ0) is 22.0. The van der Waals surface area contributed by atoms with Gasteiger partial charge in [0.1, 0.15) is 18.8 Å². The Hall–Kier alpha value is -0.890. The second-order valence-electron chi connectivity index (χ2n) is 10.3. The highest BCUT2D eigenvalue weighted by atomic mass is 35.5. The third kappa shape index (κ3) is 5.55. The minimum Gasteiger partial charge on any atom is -0.550 e. The number of fused-ring (bicyclic) bond motifs is 1. The van der Waals surface area contributed by atoms with E-state index in [4.69, 9.17) is 16.3 Å². The number of nitrogens with two attached hydrogens (primary N) is 1. The fourth-order valence-corrected chi connectivity index (χ4v) is 6.71. The maximum Gasteiger partial charge on any atom is 0.323 e. The molecule has 4 aliphatic rings. The molecule has 3 unspecified atom stereocenters. The number of methoxy groups -OCH3 is 1. The second kappa shape index (κ2) is 10.4.